The highest BCUT2D eigenvalue weighted by Crippen LogP contribution is 2.36. The maximum atomic E-state index is 13.5. The van der Waals surface area contributed by atoms with Gasteiger partial charge in [-0.1, -0.05) is 6.07 Å². The summed E-state index contributed by atoms with van der Waals surface area (Å²) in [5.41, 5.74) is 1.94. The smallest absolute Gasteiger partial charge is 0.408 e. The van der Waals surface area contributed by atoms with Crippen LogP contribution in [0.25, 0.3) is 16.6 Å². The predicted octanol–water partition coefficient (Wildman–Crippen LogP) is 3.80. The van der Waals surface area contributed by atoms with Crippen LogP contribution in [0.1, 0.15) is 55.6 Å². The van der Waals surface area contributed by atoms with Crippen LogP contribution in [-0.2, 0) is 4.74 Å². The molecular formula is C27H31N7O4. The number of anilines is 1. The first kappa shape index (κ1) is 25.4. The Hall–Kier alpha value is -4.25. The molecule has 2 amide bonds. The third kappa shape index (κ3) is 5.52. The van der Waals surface area contributed by atoms with Gasteiger partial charge >= 0.3 is 6.09 Å². The zero-order chi connectivity index (χ0) is 26.9. The van der Waals surface area contributed by atoms with Crippen molar-refractivity contribution in [3.05, 3.63) is 60.2 Å². The van der Waals surface area contributed by atoms with Gasteiger partial charge in [0.15, 0.2) is 11.4 Å². The molecule has 1 aliphatic heterocycles. The number of aromatic nitrogens is 4. The molecule has 1 fully saturated rings. The van der Waals surface area contributed by atoms with Crippen molar-refractivity contribution < 1.29 is 19.4 Å². The number of hydrogen-bond acceptors (Lipinski definition) is 8. The van der Waals surface area contributed by atoms with Gasteiger partial charge in [0.1, 0.15) is 11.2 Å². The Kier molecular flexibility index (Phi) is 6.85. The number of benzene rings is 1. The Morgan fingerprint density at radius 1 is 1.18 bits per heavy atom. The summed E-state index contributed by atoms with van der Waals surface area (Å²) in [6.45, 7) is 7.11. The van der Waals surface area contributed by atoms with Gasteiger partial charge in [-0.3, -0.25) is 9.78 Å². The van der Waals surface area contributed by atoms with Gasteiger partial charge < -0.3 is 25.8 Å². The van der Waals surface area contributed by atoms with Gasteiger partial charge in [0.25, 0.3) is 5.91 Å². The highest BCUT2D eigenvalue weighted by atomic mass is 16.6. The molecule has 1 aliphatic rings. The van der Waals surface area contributed by atoms with E-state index in [1.807, 2.05) is 45.0 Å². The van der Waals surface area contributed by atoms with Crippen LogP contribution in [0.4, 0.5) is 10.5 Å². The van der Waals surface area contributed by atoms with E-state index in [0.29, 0.717) is 11.3 Å². The first-order valence-corrected chi connectivity index (χ1v) is 12.6. The number of alkyl carbamates (subject to hydrolysis) is 1. The van der Waals surface area contributed by atoms with Crippen LogP contribution < -0.4 is 16.0 Å². The Morgan fingerprint density at radius 2 is 1.97 bits per heavy atom. The van der Waals surface area contributed by atoms with E-state index in [2.05, 4.69) is 31.0 Å². The summed E-state index contributed by atoms with van der Waals surface area (Å²) in [4.78, 5) is 35.1. The number of rotatable bonds is 5. The summed E-state index contributed by atoms with van der Waals surface area (Å²) in [6, 6.07) is 7.11. The van der Waals surface area contributed by atoms with Crippen molar-refractivity contribution in [2.75, 3.05) is 18.4 Å². The quantitative estimate of drug-likeness (QED) is 0.313. The van der Waals surface area contributed by atoms with Crippen LogP contribution in [-0.4, -0.2) is 55.4 Å². The SMILES string of the molecule is CC(C)(C)OC(=O)NC(c1cc2ncccc2cc1NC(=O)c1cnn2cc(O)cnc12)C1CCNCC1. The fourth-order valence-corrected chi connectivity index (χ4v) is 4.78. The summed E-state index contributed by atoms with van der Waals surface area (Å²) in [5.74, 6) is -0.360. The number of hydrogen-bond donors (Lipinski definition) is 4. The Balaban J connectivity index is 1.56. The minimum absolute atomic E-state index is 0.0603. The largest absolute Gasteiger partial charge is 0.505 e. The van der Waals surface area contributed by atoms with Crippen molar-refractivity contribution in [3.8, 4) is 5.75 Å². The number of ether oxygens (including phenoxy) is 1. The molecule has 11 heteroatoms. The van der Waals surface area contributed by atoms with E-state index in [0.717, 1.165) is 42.4 Å². The number of amides is 2. The summed E-state index contributed by atoms with van der Waals surface area (Å²) in [5, 5.41) is 24.2. The third-order valence-corrected chi connectivity index (χ3v) is 6.47. The lowest BCUT2D eigenvalue weighted by Gasteiger charge is -2.33. The number of carbonyl (C=O) groups is 2. The molecule has 1 atom stereocenters. The highest BCUT2D eigenvalue weighted by Gasteiger charge is 2.31. The summed E-state index contributed by atoms with van der Waals surface area (Å²) in [7, 11) is 0. The minimum atomic E-state index is -0.657. The van der Waals surface area contributed by atoms with E-state index in [1.54, 1.807) is 6.20 Å². The van der Waals surface area contributed by atoms with E-state index < -0.39 is 23.6 Å². The molecule has 4 N–H and O–H groups in total. The van der Waals surface area contributed by atoms with Crippen LogP contribution >= 0.6 is 0 Å². The molecule has 0 aliphatic carbocycles. The molecule has 5 rings (SSSR count). The van der Waals surface area contributed by atoms with Crippen molar-refractivity contribution in [3.63, 3.8) is 0 Å². The van der Waals surface area contributed by atoms with Gasteiger partial charge in [0.2, 0.25) is 0 Å². The number of nitrogens with zero attached hydrogens (tertiary/aromatic N) is 4. The second-order valence-corrected chi connectivity index (χ2v) is 10.4. The van der Waals surface area contributed by atoms with Gasteiger partial charge in [0.05, 0.1) is 30.1 Å². The number of pyridine rings is 1. The predicted molar refractivity (Wildman–Crippen MR) is 142 cm³/mol. The van der Waals surface area contributed by atoms with Gasteiger partial charge in [-0.2, -0.15) is 5.10 Å². The molecule has 198 valence electrons. The average Bonchev–Trinajstić information content (AvgIpc) is 3.29. The molecule has 0 spiro atoms. The van der Waals surface area contributed by atoms with Crippen molar-refractivity contribution >= 4 is 34.2 Å². The molecule has 0 saturated carbocycles. The lowest BCUT2D eigenvalue weighted by atomic mass is 9.84. The lowest BCUT2D eigenvalue weighted by molar-refractivity contribution is 0.0477. The molecule has 3 aromatic heterocycles. The fourth-order valence-electron chi connectivity index (χ4n) is 4.78. The molecule has 11 nitrogen and oxygen atoms in total. The topological polar surface area (TPSA) is 143 Å². The van der Waals surface area contributed by atoms with Gasteiger partial charge in [-0.05, 0) is 70.8 Å². The first-order chi connectivity index (χ1) is 18.2. The van der Waals surface area contributed by atoms with Crippen molar-refractivity contribution in [1.29, 1.82) is 0 Å². The third-order valence-electron chi connectivity index (χ3n) is 6.47. The van der Waals surface area contributed by atoms with E-state index in [1.165, 1.54) is 23.1 Å². The molecule has 1 unspecified atom stereocenters. The fraction of sp³-hybridized carbons (Fsp3) is 0.370. The van der Waals surface area contributed by atoms with Gasteiger partial charge in [0, 0.05) is 22.8 Å². The molecular weight excluding hydrogens is 486 g/mol. The monoisotopic (exact) mass is 517 g/mol. The zero-order valence-corrected chi connectivity index (χ0v) is 21.6. The van der Waals surface area contributed by atoms with E-state index in [-0.39, 0.29) is 17.2 Å². The standard InChI is InChI=1S/C27H31N7O4/c1-27(2,3)38-26(37)33-23(16-6-9-28-10-7-16)19-12-21-17(5-4-8-29-21)11-22(19)32-25(36)20-14-31-34-15-18(35)13-30-24(20)34/h4-5,8,11-16,23,28,35H,6-7,9-10H2,1-3H3,(H,32,36)(H,33,37). The van der Waals surface area contributed by atoms with E-state index >= 15 is 0 Å². The lowest BCUT2D eigenvalue weighted by Crippen LogP contribution is -2.41. The summed E-state index contributed by atoms with van der Waals surface area (Å²) >= 11 is 0. The van der Waals surface area contributed by atoms with Crippen molar-refractivity contribution in [2.45, 2.75) is 45.3 Å². The Bertz CT molecular complexity index is 1490. The van der Waals surface area contributed by atoms with Gasteiger partial charge in [-0.25, -0.2) is 14.3 Å². The van der Waals surface area contributed by atoms with Crippen LogP contribution in [0, 0.1) is 5.92 Å². The van der Waals surface area contributed by atoms with Crippen molar-refractivity contribution in [1.82, 2.24) is 30.2 Å². The molecule has 38 heavy (non-hydrogen) atoms. The minimum Gasteiger partial charge on any atom is -0.505 e. The van der Waals surface area contributed by atoms with Crippen LogP contribution in [0.15, 0.2) is 49.1 Å². The molecule has 0 radical (unpaired) electrons. The Morgan fingerprint density at radius 3 is 2.74 bits per heavy atom. The normalized spacial score (nSPS) is 15.3. The van der Waals surface area contributed by atoms with Gasteiger partial charge in [-0.15, -0.1) is 0 Å². The number of piperidine rings is 1. The molecule has 0 bridgehead atoms. The number of aromatic hydroxyl groups is 1. The Labute approximate surface area is 219 Å². The zero-order valence-electron chi connectivity index (χ0n) is 21.6. The number of fused-ring (bicyclic) bond motifs is 2. The van der Waals surface area contributed by atoms with Crippen LogP contribution in [0.2, 0.25) is 0 Å². The summed E-state index contributed by atoms with van der Waals surface area (Å²) < 4.78 is 6.94. The molecule has 4 heterocycles. The maximum absolute atomic E-state index is 13.5. The second-order valence-electron chi connectivity index (χ2n) is 10.4. The van der Waals surface area contributed by atoms with Crippen LogP contribution in [0.3, 0.4) is 0 Å². The molecule has 1 aromatic carbocycles. The maximum Gasteiger partial charge on any atom is 0.408 e. The average molecular weight is 518 g/mol. The molecule has 4 aromatic rings. The summed E-state index contributed by atoms with van der Waals surface area (Å²) in [6.07, 6.45) is 6.92. The molecule has 1 saturated heterocycles. The number of carbonyl (C=O) groups excluding carboxylic acids is 2. The second kappa shape index (κ2) is 10.3. The van der Waals surface area contributed by atoms with E-state index in [4.69, 9.17) is 4.74 Å². The van der Waals surface area contributed by atoms with Crippen molar-refractivity contribution in [2.24, 2.45) is 5.92 Å². The first-order valence-electron chi connectivity index (χ1n) is 12.6. The van der Waals surface area contributed by atoms with E-state index in [9.17, 15) is 14.7 Å². The number of nitrogens with one attached hydrogen (secondary N) is 3. The highest BCUT2D eigenvalue weighted by molar-refractivity contribution is 6.09. The van der Waals surface area contributed by atoms with Crippen LogP contribution in [0.5, 0.6) is 5.75 Å².